The summed E-state index contributed by atoms with van der Waals surface area (Å²) >= 11 is 3.15. The van der Waals surface area contributed by atoms with Gasteiger partial charge in [-0.3, -0.25) is 4.79 Å². The van der Waals surface area contributed by atoms with Crippen LogP contribution < -0.4 is 11.1 Å². The molecule has 1 aromatic heterocycles. The van der Waals surface area contributed by atoms with E-state index < -0.39 is 0 Å². The summed E-state index contributed by atoms with van der Waals surface area (Å²) in [4.78, 5) is 13.9. The number of nitrogen functional groups attached to an aromatic ring is 1. The van der Waals surface area contributed by atoms with Crippen molar-refractivity contribution in [2.24, 2.45) is 5.92 Å². The number of Topliss-reactive ketones (excluding diaryl/α,β-unsaturated/α-hetero) is 1. The van der Waals surface area contributed by atoms with Crippen LogP contribution in [0.3, 0.4) is 0 Å². The molecule has 0 unspecified atom stereocenters. The van der Waals surface area contributed by atoms with Crippen LogP contribution in [0, 0.1) is 5.92 Å². The second-order valence-electron chi connectivity index (χ2n) is 5.35. The molecule has 0 amide bonds. The van der Waals surface area contributed by atoms with Gasteiger partial charge in [-0.15, -0.1) is 23.1 Å². The highest BCUT2D eigenvalue weighted by molar-refractivity contribution is 7.99. The van der Waals surface area contributed by atoms with Crippen molar-refractivity contribution >= 4 is 39.6 Å². The van der Waals surface area contributed by atoms with Gasteiger partial charge in [0.05, 0.1) is 15.5 Å². The van der Waals surface area contributed by atoms with Crippen molar-refractivity contribution in [2.75, 3.05) is 17.3 Å². The molecule has 3 N–H and O–H groups in total. The van der Waals surface area contributed by atoms with Crippen LogP contribution in [0.25, 0.3) is 0 Å². The molecule has 1 aromatic rings. The standard InChI is InChI=1S/C14H22N2OS2/c1-8(2)11(17)12-10(15)13(18-3)14(19-12)16-9-6-4-5-7-9/h8-9,16H,4-7,15H2,1-3H3. The fourth-order valence-corrected chi connectivity index (χ4v) is 4.61. The Morgan fingerprint density at radius 1 is 1.42 bits per heavy atom. The van der Waals surface area contributed by atoms with E-state index in [0.29, 0.717) is 11.7 Å². The summed E-state index contributed by atoms with van der Waals surface area (Å²) in [6.45, 7) is 3.84. The second-order valence-corrected chi connectivity index (χ2v) is 7.19. The molecular weight excluding hydrogens is 276 g/mol. The molecule has 0 bridgehead atoms. The highest BCUT2D eigenvalue weighted by Gasteiger charge is 2.24. The highest BCUT2D eigenvalue weighted by atomic mass is 32.2. The Morgan fingerprint density at radius 2 is 2.05 bits per heavy atom. The van der Waals surface area contributed by atoms with Crippen molar-refractivity contribution < 1.29 is 4.79 Å². The van der Waals surface area contributed by atoms with E-state index in [1.165, 1.54) is 37.0 Å². The first kappa shape index (κ1) is 14.7. The average Bonchev–Trinajstić information content (AvgIpc) is 2.97. The van der Waals surface area contributed by atoms with Crippen LogP contribution in [0.1, 0.15) is 49.2 Å². The molecule has 0 spiro atoms. The van der Waals surface area contributed by atoms with E-state index in [-0.39, 0.29) is 11.7 Å². The van der Waals surface area contributed by atoms with Gasteiger partial charge in [-0.2, -0.15) is 0 Å². The molecule has 1 fully saturated rings. The van der Waals surface area contributed by atoms with Gasteiger partial charge in [0.2, 0.25) is 0 Å². The summed E-state index contributed by atoms with van der Waals surface area (Å²) < 4.78 is 0. The molecule has 1 aliphatic carbocycles. The normalized spacial score (nSPS) is 16.2. The van der Waals surface area contributed by atoms with Gasteiger partial charge in [0.15, 0.2) is 5.78 Å². The lowest BCUT2D eigenvalue weighted by Gasteiger charge is -2.12. The Kier molecular flexibility index (Phi) is 4.79. The van der Waals surface area contributed by atoms with Crippen molar-refractivity contribution in [1.82, 2.24) is 0 Å². The van der Waals surface area contributed by atoms with Gasteiger partial charge in [0, 0.05) is 12.0 Å². The maximum Gasteiger partial charge on any atom is 0.177 e. The molecular formula is C14H22N2OS2. The number of anilines is 2. The van der Waals surface area contributed by atoms with Crippen molar-refractivity contribution in [1.29, 1.82) is 0 Å². The minimum Gasteiger partial charge on any atom is -0.396 e. The zero-order valence-corrected chi connectivity index (χ0v) is 13.4. The van der Waals surface area contributed by atoms with E-state index in [1.54, 1.807) is 11.8 Å². The molecule has 3 nitrogen and oxygen atoms in total. The number of thioether (sulfide) groups is 1. The zero-order valence-electron chi connectivity index (χ0n) is 11.8. The number of hydrogen-bond acceptors (Lipinski definition) is 5. The van der Waals surface area contributed by atoms with Crippen molar-refractivity contribution in [2.45, 2.75) is 50.5 Å². The van der Waals surface area contributed by atoms with Crippen LogP contribution >= 0.6 is 23.1 Å². The Labute approximate surface area is 123 Å². The van der Waals surface area contributed by atoms with Crippen LogP contribution in [0.2, 0.25) is 0 Å². The number of hydrogen-bond donors (Lipinski definition) is 2. The molecule has 1 aliphatic rings. The molecule has 1 heterocycles. The first-order chi connectivity index (χ1) is 9.04. The summed E-state index contributed by atoms with van der Waals surface area (Å²) in [5.41, 5.74) is 6.82. The maximum absolute atomic E-state index is 12.2. The Morgan fingerprint density at radius 3 is 2.58 bits per heavy atom. The van der Waals surface area contributed by atoms with E-state index in [4.69, 9.17) is 5.73 Å². The topological polar surface area (TPSA) is 55.1 Å². The number of nitrogens with one attached hydrogen (secondary N) is 1. The third kappa shape index (κ3) is 3.08. The van der Waals surface area contributed by atoms with Crippen LogP contribution in [-0.4, -0.2) is 18.1 Å². The number of carbonyl (C=O) groups excluding carboxylic acids is 1. The van der Waals surface area contributed by atoms with Crippen LogP contribution in [0.5, 0.6) is 0 Å². The molecule has 0 aromatic carbocycles. The van der Waals surface area contributed by atoms with E-state index in [1.807, 2.05) is 20.1 Å². The number of nitrogens with two attached hydrogens (primary N) is 1. The molecule has 0 atom stereocenters. The van der Waals surface area contributed by atoms with E-state index in [9.17, 15) is 4.79 Å². The fraction of sp³-hybridized carbons (Fsp3) is 0.643. The lowest BCUT2D eigenvalue weighted by atomic mass is 10.1. The largest absolute Gasteiger partial charge is 0.396 e. The van der Waals surface area contributed by atoms with E-state index in [2.05, 4.69) is 5.32 Å². The van der Waals surface area contributed by atoms with Gasteiger partial charge >= 0.3 is 0 Å². The zero-order chi connectivity index (χ0) is 14.0. The summed E-state index contributed by atoms with van der Waals surface area (Å²) in [7, 11) is 0. The lowest BCUT2D eigenvalue weighted by molar-refractivity contribution is 0.0944. The van der Waals surface area contributed by atoms with Gasteiger partial charge in [0.25, 0.3) is 0 Å². The van der Waals surface area contributed by atoms with Crippen LogP contribution in [0.4, 0.5) is 10.7 Å². The van der Waals surface area contributed by atoms with E-state index >= 15 is 0 Å². The number of thiophene rings is 1. The minimum atomic E-state index is -0.00464. The van der Waals surface area contributed by atoms with Gasteiger partial charge < -0.3 is 11.1 Å². The van der Waals surface area contributed by atoms with Crippen molar-refractivity contribution in [3.63, 3.8) is 0 Å². The summed E-state index contributed by atoms with van der Waals surface area (Å²) in [5, 5.41) is 4.67. The van der Waals surface area contributed by atoms with Gasteiger partial charge in [-0.25, -0.2) is 0 Å². The first-order valence-corrected chi connectivity index (χ1v) is 8.85. The number of ketones is 1. The van der Waals surface area contributed by atoms with Crippen molar-refractivity contribution in [3.8, 4) is 0 Å². The lowest BCUT2D eigenvalue weighted by Crippen LogP contribution is -2.13. The highest BCUT2D eigenvalue weighted by Crippen LogP contribution is 2.43. The molecule has 19 heavy (non-hydrogen) atoms. The maximum atomic E-state index is 12.2. The molecule has 0 aliphatic heterocycles. The SMILES string of the molecule is CSc1c(NC2CCCC2)sc(C(=O)C(C)C)c1N. The Balaban J connectivity index is 2.27. The van der Waals surface area contributed by atoms with Crippen LogP contribution in [0.15, 0.2) is 4.90 Å². The summed E-state index contributed by atoms with van der Waals surface area (Å²) in [6, 6.07) is 0.547. The third-order valence-electron chi connectivity index (χ3n) is 3.54. The minimum absolute atomic E-state index is 0.00464. The summed E-state index contributed by atoms with van der Waals surface area (Å²) in [5.74, 6) is 0.146. The van der Waals surface area contributed by atoms with Gasteiger partial charge in [-0.1, -0.05) is 26.7 Å². The second kappa shape index (κ2) is 6.18. The fourth-order valence-electron chi connectivity index (χ4n) is 2.43. The predicted molar refractivity (Wildman–Crippen MR) is 85.6 cm³/mol. The molecule has 0 radical (unpaired) electrons. The van der Waals surface area contributed by atoms with Crippen molar-refractivity contribution in [3.05, 3.63) is 4.88 Å². The van der Waals surface area contributed by atoms with E-state index in [0.717, 1.165) is 14.8 Å². The quantitative estimate of drug-likeness (QED) is 0.630. The van der Waals surface area contributed by atoms with Gasteiger partial charge in [-0.05, 0) is 19.1 Å². The van der Waals surface area contributed by atoms with Gasteiger partial charge in [0.1, 0.15) is 5.00 Å². The molecule has 0 saturated heterocycles. The number of carbonyl (C=O) groups is 1. The average molecular weight is 298 g/mol. The molecule has 106 valence electrons. The third-order valence-corrected chi connectivity index (χ3v) is 5.66. The molecule has 1 saturated carbocycles. The molecule has 2 rings (SSSR count). The molecule has 5 heteroatoms. The monoisotopic (exact) mass is 298 g/mol. The Hall–Kier alpha value is -0.680. The first-order valence-electron chi connectivity index (χ1n) is 6.81. The Bertz CT molecular complexity index is 462. The predicted octanol–water partition coefficient (Wildman–Crippen LogP) is 4.25. The van der Waals surface area contributed by atoms with Crippen LogP contribution in [-0.2, 0) is 0 Å². The number of rotatable bonds is 5. The smallest absolute Gasteiger partial charge is 0.177 e. The summed E-state index contributed by atoms with van der Waals surface area (Å²) in [6.07, 6.45) is 7.05.